The third-order valence-electron chi connectivity index (χ3n) is 4.36. The number of hydrogen-bond donors (Lipinski definition) is 0. The van der Waals surface area contributed by atoms with Gasteiger partial charge in [0.25, 0.3) is 0 Å². The molecule has 18 heavy (non-hydrogen) atoms. The van der Waals surface area contributed by atoms with E-state index in [1.54, 1.807) is 7.11 Å². The molecule has 96 valence electrons. The first-order valence-corrected chi connectivity index (χ1v) is 6.83. The molecule has 1 aromatic carbocycles. The van der Waals surface area contributed by atoms with Crippen molar-refractivity contribution in [1.82, 2.24) is 4.90 Å². The highest BCUT2D eigenvalue weighted by atomic mass is 16.5. The first kappa shape index (κ1) is 11.8. The maximum absolute atomic E-state index is 5.29. The fraction of sp³-hybridized carbons (Fsp3) is 0.500. The Morgan fingerprint density at radius 1 is 1.39 bits per heavy atom. The van der Waals surface area contributed by atoms with Crippen LogP contribution in [0.25, 0.3) is 5.57 Å². The summed E-state index contributed by atoms with van der Waals surface area (Å²) in [6, 6.07) is 7.07. The zero-order valence-corrected chi connectivity index (χ0v) is 11.4. The van der Waals surface area contributed by atoms with Crippen molar-refractivity contribution in [1.29, 1.82) is 0 Å². The molecule has 2 bridgehead atoms. The van der Waals surface area contributed by atoms with E-state index >= 15 is 0 Å². The molecule has 3 rings (SSSR count). The summed E-state index contributed by atoms with van der Waals surface area (Å²) in [5, 5.41) is 0. The van der Waals surface area contributed by atoms with E-state index in [0.29, 0.717) is 6.04 Å². The van der Waals surface area contributed by atoms with E-state index in [1.807, 2.05) is 0 Å². The van der Waals surface area contributed by atoms with Gasteiger partial charge in [-0.1, -0.05) is 19.1 Å². The van der Waals surface area contributed by atoms with Gasteiger partial charge in [0.2, 0.25) is 0 Å². The number of likely N-dealkylation sites (N-methyl/N-ethyl adjacent to an activating group) is 1. The summed E-state index contributed by atoms with van der Waals surface area (Å²) in [6.45, 7) is 6.85. The number of fused-ring (bicyclic) bond motifs is 2. The highest BCUT2D eigenvalue weighted by Gasteiger charge is 2.38. The largest absolute Gasteiger partial charge is 0.497 e. The number of hydrogen-bond acceptors (Lipinski definition) is 2. The zero-order valence-electron chi connectivity index (χ0n) is 11.4. The van der Waals surface area contributed by atoms with Gasteiger partial charge in [-0.25, -0.2) is 0 Å². The van der Waals surface area contributed by atoms with Crippen molar-refractivity contribution in [3.8, 4) is 5.75 Å². The number of nitrogens with zero attached hydrogens (tertiary/aromatic N) is 1. The Balaban J connectivity index is 1.95. The van der Waals surface area contributed by atoms with Gasteiger partial charge in [0.05, 0.1) is 7.11 Å². The van der Waals surface area contributed by atoms with Gasteiger partial charge < -0.3 is 4.74 Å². The van der Waals surface area contributed by atoms with E-state index in [-0.39, 0.29) is 0 Å². The lowest BCUT2D eigenvalue weighted by molar-refractivity contribution is 0.302. The molecule has 2 nitrogen and oxygen atoms in total. The van der Waals surface area contributed by atoms with Crippen molar-refractivity contribution in [3.63, 3.8) is 0 Å². The van der Waals surface area contributed by atoms with Crippen LogP contribution >= 0.6 is 0 Å². The molecule has 0 N–H and O–H groups in total. The Kier molecular flexibility index (Phi) is 2.90. The lowest BCUT2D eigenvalue weighted by atomic mass is 9.96. The summed E-state index contributed by atoms with van der Waals surface area (Å²) in [5.74, 6) is 1.72. The van der Waals surface area contributed by atoms with Gasteiger partial charge >= 0.3 is 0 Å². The van der Waals surface area contributed by atoms with Gasteiger partial charge in [-0.05, 0) is 54.6 Å². The summed E-state index contributed by atoms with van der Waals surface area (Å²) in [5.41, 5.74) is 4.26. The Labute approximate surface area is 109 Å². The minimum atomic E-state index is 0.645. The third kappa shape index (κ3) is 1.76. The maximum atomic E-state index is 5.29. The maximum Gasteiger partial charge on any atom is 0.119 e. The van der Waals surface area contributed by atoms with Crippen molar-refractivity contribution in [2.24, 2.45) is 5.92 Å². The van der Waals surface area contributed by atoms with E-state index < -0.39 is 0 Å². The molecule has 1 aliphatic carbocycles. The summed E-state index contributed by atoms with van der Waals surface area (Å²) in [4.78, 5) is 2.60. The number of rotatable bonds is 3. The normalized spacial score (nSPS) is 26.5. The van der Waals surface area contributed by atoms with Crippen molar-refractivity contribution in [2.45, 2.75) is 26.3 Å². The number of aryl methyl sites for hydroxylation is 1. The second-order valence-corrected chi connectivity index (χ2v) is 5.40. The molecule has 0 radical (unpaired) electrons. The van der Waals surface area contributed by atoms with Crippen LogP contribution < -0.4 is 4.74 Å². The highest BCUT2D eigenvalue weighted by molar-refractivity contribution is 5.75. The molecule has 1 heterocycles. The van der Waals surface area contributed by atoms with Gasteiger partial charge in [0.1, 0.15) is 5.75 Å². The summed E-state index contributed by atoms with van der Waals surface area (Å²) >= 11 is 0. The molecule has 2 aliphatic rings. The monoisotopic (exact) mass is 243 g/mol. The average molecular weight is 243 g/mol. The molecule has 1 aliphatic heterocycles. The molecule has 0 aromatic heterocycles. The molecule has 2 atom stereocenters. The minimum absolute atomic E-state index is 0.645. The Morgan fingerprint density at radius 2 is 2.22 bits per heavy atom. The number of methoxy groups -OCH3 is 1. The molecule has 0 spiro atoms. The lowest BCUT2D eigenvalue weighted by Gasteiger charge is -2.27. The van der Waals surface area contributed by atoms with E-state index in [2.05, 4.69) is 43.0 Å². The smallest absolute Gasteiger partial charge is 0.119 e. The lowest BCUT2D eigenvalue weighted by Crippen LogP contribution is -2.32. The van der Waals surface area contributed by atoms with E-state index in [4.69, 9.17) is 4.74 Å². The number of ether oxygens (including phenoxy) is 1. The SMILES string of the molecule is CCN1CC2C=C(c3ccc(OC)cc3C)C1C2. The van der Waals surface area contributed by atoms with Gasteiger partial charge in [-0.15, -0.1) is 0 Å². The standard InChI is InChI=1S/C16H21NO/c1-4-17-10-12-8-15(16(17)9-12)14-6-5-13(18-3)7-11(14)2/h5-8,12,16H,4,9-10H2,1-3H3. The van der Waals surface area contributed by atoms with E-state index in [1.165, 1.54) is 29.7 Å². The molecule has 2 heteroatoms. The van der Waals surface area contributed by atoms with Crippen LogP contribution in [0, 0.1) is 12.8 Å². The quantitative estimate of drug-likeness (QED) is 0.809. The minimum Gasteiger partial charge on any atom is -0.497 e. The Hall–Kier alpha value is -1.28. The summed E-state index contributed by atoms with van der Waals surface area (Å²) in [7, 11) is 1.73. The molecular weight excluding hydrogens is 222 g/mol. The first-order valence-electron chi connectivity index (χ1n) is 6.83. The van der Waals surface area contributed by atoms with Crippen molar-refractivity contribution in [3.05, 3.63) is 35.4 Å². The van der Waals surface area contributed by atoms with Crippen LogP contribution in [-0.2, 0) is 0 Å². The van der Waals surface area contributed by atoms with Crippen LogP contribution in [-0.4, -0.2) is 31.1 Å². The van der Waals surface area contributed by atoms with Gasteiger partial charge in [0.15, 0.2) is 0 Å². The highest BCUT2D eigenvalue weighted by Crippen LogP contribution is 2.42. The second kappa shape index (κ2) is 4.43. The van der Waals surface area contributed by atoms with E-state index in [9.17, 15) is 0 Å². The molecule has 0 amide bonds. The van der Waals surface area contributed by atoms with Crippen molar-refractivity contribution in [2.75, 3.05) is 20.2 Å². The average Bonchev–Trinajstić information content (AvgIpc) is 2.97. The van der Waals surface area contributed by atoms with Gasteiger partial charge in [0, 0.05) is 12.6 Å². The van der Waals surface area contributed by atoms with Crippen molar-refractivity contribution >= 4 is 5.57 Å². The molecule has 1 saturated heterocycles. The molecule has 0 saturated carbocycles. The van der Waals surface area contributed by atoms with Crippen LogP contribution in [0.1, 0.15) is 24.5 Å². The molecule has 1 aromatic rings. The predicted molar refractivity (Wildman–Crippen MR) is 74.9 cm³/mol. The first-order chi connectivity index (χ1) is 8.72. The van der Waals surface area contributed by atoms with Crippen LogP contribution in [0.4, 0.5) is 0 Å². The van der Waals surface area contributed by atoms with Crippen molar-refractivity contribution < 1.29 is 4.74 Å². The van der Waals surface area contributed by atoms with Crippen LogP contribution in [0.2, 0.25) is 0 Å². The fourth-order valence-corrected chi connectivity index (χ4v) is 3.45. The second-order valence-electron chi connectivity index (χ2n) is 5.40. The molecule has 2 unspecified atom stereocenters. The van der Waals surface area contributed by atoms with E-state index in [0.717, 1.165) is 18.2 Å². The Bertz CT molecular complexity index is 492. The predicted octanol–water partition coefficient (Wildman–Crippen LogP) is 3.11. The number of likely N-dealkylation sites (tertiary alicyclic amines) is 1. The summed E-state index contributed by atoms with van der Waals surface area (Å²) in [6.07, 6.45) is 3.81. The molecular formula is C16H21NO. The summed E-state index contributed by atoms with van der Waals surface area (Å²) < 4.78 is 5.29. The molecule has 1 fully saturated rings. The van der Waals surface area contributed by atoms with Gasteiger partial charge in [-0.2, -0.15) is 0 Å². The van der Waals surface area contributed by atoms with Crippen LogP contribution in [0.15, 0.2) is 24.3 Å². The Morgan fingerprint density at radius 3 is 2.83 bits per heavy atom. The number of benzene rings is 1. The van der Waals surface area contributed by atoms with Gasteiger partial charge in [-0.3, -0.25) is 4.90 Å². The third-order valence-corrected chi connectivity index (χ3v) is 4.36. The van der Waals surface area contributed by atoms with Crippen LogP contribution in [0.3, 0.4) is 0 Å². The fourth-order valence-electron chi connectivity index (χ4n) is 3.45. The zero-order chi connectivity index (χ0) is 12.7. The topological polar surface area (TPSA) is 12.5 Å². The van der Waals surface area contributed by atoms with Crippen LogP contribution in [0.5, 0.6) is 5.75 Å².